The zero-order chi connectivity index (χ0) is 19.0. The van der Waals surface area contributed by atoms with Gasteiger partial charge in [0, 0.05) is 25.7 Å². The monoisotopic (exact) mass is 357 g/mol. The maximum absolute atomic E-state index is 12.6. The normalized spacial score (nSPS) is 19.6. The second kappa shape index (κ2) is 9.97. The Morgan fingerprint density at radius 1 is 1.20 bits per heavy atom. The van der Waals surface area contributed by atoms with Crippen LogP contribution in [-0.4, -0.2) is 67.4 Å². The van der Waals surface area contributed by atoms with E-state index in [0.717, 1.165) is 32.7 Å². The molecule has 0 aromatic heterocycles. The smallest absolute Gasteiger partial charge is 0.408 e. The number of carbonyl (C=O) groups excluding carboxylic acids is 2. The second-order valence-electron chi connectivity index (χ2n) is 7.75. The van der Waals surface area contributed by atoms with Crippen molar-refractivity contribution in [3.05, 3.63) is 0 Å². The first-order valence-electron chi connectivity index (χ1n) is 9.23. The molecule has 1 heterocycles. The first kappa shape index (κ1) is 21.7. The summed E-state index contributed by atoms with van der Waals surface area (Å²) in [5, 5.41) is 5.69. The third-order valence-corrected chi connectivity index (χ3v) is 4.41. The van der Waals surface area contributed by atoms with Crippen molar-refractivity contribution in [1.82, 2.24) is 15.5 Å². The highest BCUT2D eigenvalue weighted by Crippen LogP contribution is 2.11. The molecule has 0 aliphatic carbocycles. The van der Waals surface area contributed by atoms with Crippen LogP contribution in [0.1, 0.15) is 48.0 Å². The van der Waals surface area contributed by atoms with E-state index < -0.39 is 17.7 Å². The number of rotatable bonds is 7. The topological polar surface area (TPSA) is 79.9 Å². The van der Waals surface area contributed by atoms with Crippen molar-refractivity contribution in [3.8, 4) is 0 Å². The van der Waals surface area contributed by atoms with E-state index >= 15 is 0 Å². The van der Waals surface area contributed by atoms with Crippen LogP contribution in [0.5, 0.6) is 0 Å². The van der Waals surface area contributed by atoms with Gasteiger partial charge in [0.2, 0.25) is 5.91 Å². The van der Waals surface area contributed by atoms with Crippen LogP contribution in [0, 0.1) is 5.92 Å². The number of morpholine rings is 1. The number of alkyl carbamates (subject to hydrolysis) is 1. The molecule has 1 saturated heterocycles. The van der Waals surface area contributed by atoms with Gasteiger partial charge < -0.3 is 20.1 Å². The van der Waals surface area contributed by atoms with E-state index in [-0.39, 0.29) is 17.9 Å². The number of nitrogens with one attached hydrogen (secondary N) is 2. The van der Waals surface area contributed by atoms with Gasteiger partial charge in [0.05, 0.1) is 13.2 Å². The molecule has 1 aliphatic rings. The van der Waals surface area contributed by atoms with Gasteiger partial charge in [0.25, 0.3) is 0 Å². The lowest BCUT2D eigenvalue weighted by Gasteiger charge is -2.33. The van der Waals surface area contributed by atoms with E-state index in [0.29, 0.717) is 6.54 Å². The molecule has 0 radical (unpaired) electrons. The van der Waals surface area contributed by atoms with Crippen molar-refractivity contribution in [2.24, 2.45) is 5.92 Å². The SMILES string of the molecule is CCC(C)C(NC(=O)OC(C)(C)C)C(=O)NCC(C)N1CCOCC1. The first-order valence-corrected chi connectivity index (χ1v) is 9.23. The molecule has 3 atom stereocenters. The van der Waals surface area contributed by atoms with E-state index in [1.165, 1.54) is 0 Å². The Morgan fingerprint density at radius 2 is 1.80 bits per heavy atom. The van der Waals surface area contributed by atoms with Gasteiger partial charge in [-0.1, -0.05) is 20.3 Å². The average molecular weight is 357 g/mol. The highest BCUT2D eigenvalue weighted by atomic mass is 16.6. The summed E-state index contributed by atoms with van der Waals surface area (Å²) in [4.78, 5) is 26.9. The summed E-state index contributed by atoms with van der Waals surface area (Å²) in [5.41, 5.74) is -0.592. The zero-order valence-corrected chi connectivity index (χ0v) is 16.6. The van der Waals surface area contributed by atoms with Gasteiger partial charge in [-0.25, -0.2) is 4.79 Å². The van der Waals surface area contributed by atoms with Crippen molar-refractivity contribution in [3.63, 3.8) is 0 Å². The third kappa shape index (κ3) is 8.05. The minimum atomic E-state index is -0.600. The number of amides is 2. The fraction of sp³-hybridized carbons (Fsp3) is 0.889. The van der Waals surface area contributed by atoms with Crippen molar-refractivity contribution in [2.75, 3.05) is 32.8 Å². The minimum Gasteiger partial charge on any atom is -0.444 e. The summed E-state index contributed by atoms with van der Waals surface area (Å²) in [6, 6.07) is -0.372. The molecule has 146 valence electrons. The van der Waals surface area contributed by atoms with Gasteiger partial charge in [0.1, 0.15) is 11.6 Å². The standard InChI is InChI=1S/C18H35N3O4/c1-7-13(2)15(20-17(23)25-18(4,5)6)16(22)19-12-14(3)21-8-10-24-11-9-21/h13-15H,7-12H2,1-6H3,(H,19,22)(H,20,23). The Bertz CT molecular complexity index is 431. The molecule has 0 saturated carbocycles. The summed E-state index contributed by atoms with van der Waals surface area (Å²) < 4.78 is 10.6. The van der Waals surface area contributed by atoms with Crippen LogP contribution in [-0.2, 0) is 14.3 Å². The zero-order valence-electron chi connectivity index (χ0n) is 16.6. The molecule has 0 aromatic rings. The number of carbonyl (C=O) groups is 2. The van der Waals surface area contributed by atoms with Crippen LogP contribution < -0.4 is 10.6 Å². The van der Waals surface area contributed by atoms with Crippen LogP contribution in [0.25, 0.3) is 0 Å². The summed E-state index contributed by atoms with van der Waals surface area (Å²) in [7, 11) is 0. The van der Waals surface area contributed by atoms with Crippen molar-refractivity contribution >= 4 is 12.0 Å². The molecule has 7 heteroatoms. The summed E-state index contributed by atoms with van der Waals surface area (Å²) in [6.45, 7) is 15.2. The van der Waals surface area contributed by atoms with Crippen molar-refractivity contribution in [1.29, 1.82) is 0 Å². The Hall–Kier alpha value is -1.34. The maximum atomic E-state index is 12.6. The molecule has 0 spiro atoms. The van der Waals surface area contributed by atoms with Crippen molar-refractivity contribution < 1.29 is 19.1 Å². The molecular formula is C18H35N3O4. The van der Waals surface area contributed by atoms with E-state index in [2.05, 4.69) is 22.5 Å². The van der Waals surface area contributed by atoms with Crippen LogP contribution in [0.3, 0.4) is 0 Å². The molecule has 7 nitrogen and oxygen atoms in total. The number of hydrogen-bond acceptors (Lipinski definition) is 5. The molecule has 0 aromatic carbocycles. The maximum Gasteiger partial charge on any atom is 0.408 e. The fourth-order valence-electron chi connectivity index (χ4n) is 2.64. The lowest BCUT2D eigenvalue weighted by Crippen LogP contribution is -2.54. The molecular weight excluding hydrogens is 322 g/mol. The molecule has 2 amide bonds. The van der Waals surface area contributed by atoms with Crippen molar-refractivity contribution in [2.45, 2.75) is 65.6 Å². The lowest BCUT2D eigenvalue weighted by atomic mass is 9.98. The van der Waals surface area contributed by atoms with E-state index in [1.54, 1.807) is 20.8 Å². The highest BCUT2D eigenvalue weighted by molar-refractivity contribution is 5.86. The minimum absolute atomic E-state index is 0.0196. The van der Waals surface area contributed by atoms with Crippen LogP contribution in [0.15, 0.2) is 0 Å². The summed E-state index contributed by atoms with van der Waals surface area (Å²) >= 11 is 0. The fourth-order valence-corrected chi connectivity index (χ4v) is 2.64. The first-order chi connectivity index (χ1) is 11.6. The second-order valence-corrected chi connectivity index (χ2v) is 7.75. The van der Waals surface area contributed by atoms with Crippen LogP contribution >= 0.6 is 0 Å². The molecule has 0 bridgehead atoms. The van der Waals surface area contributed by atoms with Gasteiger partial charge in [0.15, 0.2) is 0 Å². The number of nitrogens with zero attached hydrogens (tertiary/aromatic N) is 1. The molecule has 1 rings (SSSR count). The van der Waals surface area contributed by atoms with E-state index in [9.17, 15) is 9.59 Å². The predicted octanol–water partition coefficient (Wildman–Crippen LogP) is 1.76. The number of ether oxygens (including phenoxy) is 2. The Kier molecular flexibility index (Phi) is 8.65. The van der Waals surface area contributed by atoms with Gasteiger partial charge in [-0.3, -0.25) is 9.69 Å². The van der Waals surface area contributed by atoms with Crippen LogP contribution in [0.4, 0.5) is 4.79 Å². The highest BCUT2D eigenvalue weighted by Gasteiger charge is 2.28. The van der Waals surface area contributed by atoms with Gasteiger partial charge in [-0.05, 0) is 33.6 Å². The molecule has 1 fully saturated rings. The Morgan fingerprint density at radius 3 is 2.32 bits per heavy atom. The molecule has 3 unspecified atom stereocenters. The third-order valence-electron chi connectivity index (χ3n) is 4.41. The van der Waals surface area contributed by atoms with E-state index in [4.69, 9.17) is 9.47 Å². The van der Waals surface area contributed by atoms with Gasteiger partial charge in [-0.2, -0.15) is 0 Å². The lowest BCUT2D eigenvalue weighted by molar-refractivity contribution is -0.124. The summed E-state index contributed by atoms with van der Waals surface area (Å²) in [6.07, 6.45) is 0.224. The molecule has 1 aliphatic heterocycles. The predicted molar refractivity (Wildman–Crippen MR) is 97.5 cm³/mol. The van der Waals surface area contributed by atoms with E-state index in [1.807, 2.05) is 13.8 Å². The summed E-state index contributed by atoms with van der Waals surface area (Å²) in [5.74, 6) is -0.147. The van der Waals surface area contributed by atoms with Crippen LogP contribution in [0.2, 0.25) is 0 Å². The molecule has 25 heavy (non-hydrogen) atoms. The average Bonchev–Trinajstić information content (AvgIpc) is 2.55. The quantitative estimate of drug-likeness (QED) is 0.726. The largest absolute Gasteiger partial charge is 0.444 e. The molecule has 2 N–H and O–H groups in total. The Labute approximate surface area is 151 Å². The van der Waals surface area contributed by atoms with Gasteiger partial charge in [-0.15, -0.1) is 0 Å². The number of hydrogen-bond donors (Lipinski definition) is 2. The van der Waals surface area contributed by atoms with Gasteiger partial charge >= 0.3 is 6.09 Å². The Balaban J connectivity index is 2.56.